The van der Waals surface area contributed by atoms with E-state index in [9.17, 15) is 18.0 Å². The second kappa shape index (κ2) is 9.46. The summed E-state index contributed by atoms with van der Waals surface area (Å²) in [5, 5.41) is 9.85. The van der Waals surface area contributed by atoms with Gasteiger partial charge < -0.3 is 20.9 Å². The number of sulfonamides is 1. The zero-order valence-electron chi connectivity index (χ0n) is 18.2. The lowest BCUT2D eigenvalue weighted by molar-refractivity contribution is 0.102. The van der Waals surface area contributed by atoms with Gasteiger partial charge in [0.15, 0.2) is 5.78 Å². The second-order valence-corrected chi connectivity index (χ2v) is 9.78. The van der Waals surface area contributed by atoms with Crippen molar-refractivity contribution < 1.29 is 22.5 Å². The zero-order chi connectivity index (χ0) is 24.3. The molecule has 1 amide bonds. The van der Waals surface area contributed by atoms with Crippen molar-refractivity contribution >= 4 is 55.3 Å². The van der Waals surface area contributed by atoms with E-state index in [2.05, 4.69) is 27.1 Å². The molecular formula is C21H23N5O5S2. The lowest BCUT2D eigenvalue weighted by Crippen LogP contribution is -2.16. The summed E-state index contributed by atoms with van der Waals surface area (Å²) in [6.07, 6.45) is 1.61. The molecule has 0 atom stereocenters. The minimum Gasteiger partial charge on any atom is -0.397 e. The molecule has 2 heterocycles. The highest BCUT2D eigenvalue weighted by Gasteiger charge is 2.24. The Hall–Kier alpha value is -3.64. The molecule has 1 aromatic carbocycles. The van der Waals surface area contributed by atoms with E-state index in [1.54, 1.807) is 19.9 Å². The summed E-state index contributed by atoms with van der Waals surface area (Å²) in [7, 11) is -3.92. The van der Waals surface area contributed by atoms with Crippen LogP contribution >= 0.6 is 11.3 Å². The summed E-state index contributed by atoms with van der Waals surface area (Å²) in [6.45, 7) is 8.76. The van der Waals surface area contributed by atoms with E-state index in [1.807, 2.05) is 0 Å². The maximum absolute atomic E-state index is 12.9. The van der Waals surface area contributed by atoms with Gasteiger partial charge >= 0.3 is 0 Å². The molecule has 0 saturated heterocycles. The zero-order valence-corrected chi connectivity index (χ0v) is 19.8. The third-order valence-electron chi connectivity index (χ3n) is 4.71. The first kappa shape index (κ1) is 24.0. The first-order valence-corrected chi connectivity index (χ1v) is 12.0. The van der Waals surface area contributed by atoms with E-state index in [-0.39, 0.29) is 32.7 Å². The van der Waals surface area contributed by atoms with Crippen molar-refractivity contribution in [2.45, 2.75) is 25.7 Å². The smallest absolute Gasteiger partial charge is 0.264 e. The molecule has 0 aliphatic carbocycles. The number of thiophene rings is 1. The molecular weight excluding hydrogens is 466 g/mol. The molecule has 0 bridgehead atoms. The predicted octanol–water partition coefficient (Wildman–Crippen LogP) is 3.79. The Morgan fingerprint density at radius 2 is 1.91 bits per heavy atom. The maximum atomic E-state index is 12.9. The van der Waals surface area contributed by atoms with Crippen LogP contribution in [0.15, 0.2) is 46.3 Å². The van der Waals surface area contributed by atoms with Crippen molar-refractivity contribution in [3.8, 4) is 0 Å². The van der Waals surface area contributed by atoms with Gasteiger partial charge in [-0.3, -0.25) is 9.59 Å². The van der Waals surface area contributed by atoms with Gasteiger partial charge in [0.25, 0.3) is 15.9 Å². The highest BCUT2D eigenvalue weighted by atomic mass is 32.2. The highest BCUT2D eigenvalue weighted by Crippen LogP contribution is 2.36. The van der Waals surface area contributed by atoms with Gasteiger partial charge in [0, 0.05) is 24.7 Å². The molecule has 10 nitrogen and oxygen atoms in total. The number of rotatable bonds is 9. The Bertz CT molecular complexity index is 1320. The number of Topliss-reactive ketones (excluding diaryl/α,β-unsaturated/α-hetero) is 1. The van der Waals surface area contributed by atoms with E-state index >= 15 is 0 Å². The van der Waals surface area contributed by atoms with Crippen molar-refractivity contribution in [2.75, 3.05) is 27.6 Å². The number of anilines is 4. The summed E-state index contributed by atoms with van der Waals surface area (Å²) in [5.41, 5.74) is 7.79. The average molecular weight is 490 g/mol. The molecule has 0 aliphatic heterocycles. The molecule has 0 spiro atoms. The molecule has 5 N–H and O–H groups in total. The van der Waals surface area contributed by atoms with Crippen molar-refractivity contribution in [3.63, 3.8) is 0 Å². The Kier molecular flexibility index (Phi) is 6.89. The van der Waals surface area contributed by atoms with Gasteiger partial charge in [-0.2, -0.15) is 0 Å². The maximum Gasteiger partial charge on any atom is 0.264 e. The number of hydrogen-bond donors (Lipinski definition) is 4. The monoisotopic (exact) mass is 489 g/mol. The van der Waals surface area contributed by atoms with Gasteiger partial charge in [-0.15, -0.1) is 17.9 Å². The predicted molar refractivity (Wildman–Crippen MR) is 129 cm³/mol. The van der Waals surface area contributed by atoms with Crippen LogP contribution in [0.2, 0.25) is 0 Å². The van der Waals surface area contributed by atoms with E-state index < -0.39 is 15.9 Å². The number of hydrogen-bond acceptors (Lipinski definition) is 9. The minimum absolute atomic E-state index is 0.0313. The van der Waals surface area contributed by atoms with Crippen LogP contribution in [-0.2, 0) is 10.0 Å². The van der Waals surface area contributed by atoms with Gasteiger partial charge in [-0.1, -0.05) is 11.2 Å². The minimum atomic E-state index is -3.92. The SMILES string of the molecule is C=CCNc1sc(C(C)=O)c(N)c1C(=O)Nc1ccc(S(=O)(=O)Nc2onc(C)c2C)cc1. The number of nitrogens with zero attached hydrogens (tertiary/aromatic N) is 1. The molecule has 0 aliphatic rings. The van der Waals surface area contributed by atoms with Crippen LogP contribution in [0.1, 0.15) is 38.2 Å². The number of carbonyl (C=O) groups is 2. The van der Waals surface area contributed by atoms with E-state index in [0.29, 0.717) is 28.5 Å². The van der Waals surface area contributed by atoms with Crippen LogP contribution < -0.4 is 21.1 Å². The largest absolute Gasteiger partial charge is 0.397 e. The first-order chi connectivity index (χ1) is 15.5. The average Bonchev–Trinajstić information content (AvgIpc) is 3.26. The third-order valence-corrected chi connectivity index (χ3v) is 7.32. The van der Waals surface area contributed by atoms with E-state index in [0.717, 1.165) is 11.3 Å². The number of nitrogens with two attached hydrogens (primary N) is 1. The third kappa shape index (κ3) is 5.07. The number of aromatic nitrogens is 1. The van der Waals surface area contributed by atoms with Crippen LogP contribution in [0, 0.1) is 13.8 Å². The molecule has 0 saturated carbocycles. The first-order valence-electron chi connectivity index (χ1n) is 9.70. The molecule has 0 fully saturated rings. The summed E-state index contributed by atoms with van der Waals surface area (Å²) in [4.78, 5) is 25.0. The molecule has 2 aromatic heterocycles. The topological polar surface area (TPSA) is 156 Å². The van der Waals surface area contributed by atoms with Crippen LogP contribution in [0.3, 0.4) is 0 Å². The van der Waals surface area contributed by atoms with E-state index in [1.165, 1.54) is 31.2 Å². The Morgan fingerprint density at radius 3 is 2.45 bits per heavy atom. The highest BCUT2D eigenvalue weighted by molar-refractivity contribution is 7.92. The lowest BCUT2D eigenvalue weighted by Gasteiger charge is -2.10. The van der Waals surface area contributed by atoms with Crippen LogP contribution in [0.25, 0.3) is 0 Å². The summed E-state index contributed by atoms with van der Waals surface area (Å²) in [5.74, 6) is -0.750. The van der Waals surface area contributed by atoms with Crippen LogP contribution in [-0.4, -0.2) is 31.8 Å². The molecule has 3 aromatic rings. The van der Waals surface area contributed by atoms with Crippen LogP contribution in [0.5, 0.6) is 0 Å². The number of nitrogen functional groups attached to an aromatic ring is 1. The van der Waals surface area contributed by atoms with Gasteiger partial charge in [-0.05, 0) is 38.1 Å². The van der Waals surface area contributed by atoms with E-state index in [4.69, 9.17) is 10.3 Å². The summed E-state index contributed by atoms with van der Waals surface area (Å²) >= 11 is 1.09. The number of nitrogens with one attached hydrogen (secondary N) is 3. The van der Waals surface area contributed by atoms with Crippen molar-refractivity contribution in [3.05, 3.63) is 58.6 Å². The normalized spacial score (nSPS) is 11.1. The Labute approximate surface area is 194 Å². The van der Waals surface area contributed by atoms with Gasteiger partial charge in [0.2, 0.25) is 5.88 Å². The van der Waals surface area contributed by atoms with Gasteiger partial charge in [-0.25, -0.2) is 13.1 Å². The van der Waals surface area contributed by atoms with Crippen molar-refractivity contribution in [2.24, 2.45) is 0 Å². The number of ketones is 1. The molecule has 0 unspecified atom stereocenters. The number of benzene rings is 1. The quantitative estimate of drug-likeness (QED) is 0.261. The standard InChI is InChI=1S/C21H23N5O5S2/c1-5-10-23-21-16(17(22)18(32-21)13(4)27)19(28)24-14-6-8-15(9-7-14)33(29,30)26-20-11(2)12(3)25-31-20/h5-9,23,26H,1,10,22H2,2-4H3,(H,24,28). The summed E-state index contributed by atoms with van der Waals surface area (Å²) in [6, 6.07) is 5.56. The van der Waals surface area contributed by atoms with Crippen LogP contribution in [0.4, 0.5) is 22.3 Å². The molecule has 3 rings (SSSR count). The number of carbonyl (C=O) groups excluding carboxylic acids is 2. The van der Waals surface area contributed by atoms with Gasteiger partial charge in [0.1, 0.15) is 5.00 Å². The number of amides is 1. The fourth-order valence-corrected chi connectivity index (χ4v) is 4.89. The second-order valence-electron chi connectivity index (χ2n) is 7.08. The molecule has 0 radical (unpaired) electrons. The van der Waals surface area contributed by atoms with Gasteiger partial charge in [0.05, 0.1) is 26.7 Å². The summed E-state index contributed by atoms with van der Waals surface area (Å²) < 4.78 is 32.6. The molecule has 174 valence electrons. The Morgan fingerprint density at radius 1 is 1.24 bits per heavy atom. The number of aryl methyl sites for hydroxylation is 1. The molecule has 33 heavy (non-hydrogen) atoms. The lowest BCUT2D eigenvalue weighted by atomic mass is 10.2. The fourth-order valence-electron chi connectivity index (χ4n) is 2.82. The van der Waals surface area contributed by atoms with Crippen molar-refractivity contribution in [1.82, 2.24) is 5.16 Å². The molecule has 12 heteroatoms. The van der Waals surface area contributed by atoms with Crippen molar-refractivity contribution in [1.29, 1.82) is 0 Å². The fraction of sp³-hybridized carbons (Fsp3) is 0.190. The Balaban J connectivity index is 1.81.